The Kier molecular flexibility index (Phi) is 14.0. The van der Waals surface area contributed by atoms with Crippen LogP contribution in [0.1, 0.15) is 66.2 Å². The Morgan fingerprint density at radius 2 is 1.77 bits per heavy atom. The predicted molar refractivity (Wildman–Crippen MR) is 102 cm³/mol. The zero-order valence-electron chi connectivity index (χ0n) is 16.9. The fourth-order valence-corrected chi connectivity index (χ4v) is 2.20. The zero-order chi connectivity index (χ0) is 19.8. The third-order valence-corrected chi connectivity index (χ3v) is 3.91. The number of carbonyl (C=O) groups is 2. The van der Waals surface area contributed by atoms with Crippen molar-refractivity contribution in [2.75, 3.05) is 32.9 Å². The Morgan fingerprint density at radius 1 is 1.04 bits per heavy atom. The number of carbonyl (C=O) groups excluding carboxylic acids is 2. The molecule has 0 aromatic heterocycles. The van der Waals surface area contributed by atoms with Gasteiger partial charge in [0.15, 0.2) is 0 Å². The molecule has 3 N–H and O–H groups in total. The van der Waals surface area contributed by atoms with Gasteiger partial charge in [-0.05, 0) is 45.4 Å². The molecule has 0 saturated carbocycles. The van der Waals surface area contributed by atoms with Gasteiger partial charge in [0.1, 0.15) is 6.61 Å². The molecule has 0 spiro atoms. The highest BCUT2D eigenvalue weighted by Crippen LogP contribution is 2.15. The van der Waals surface area contributed by atoms with Crippen LogP contribution in [-0.4, -0.2) is 55.6 Å². The monoisotopic (exact) mass is 374 g/mol. The molecule has 0 aromatic carbocycles. The normalized spacial score (nSPS) is 11.5. The van der Waals surface area contributed by atoms with Crippen molar-refractivity contribution in [1.82, 2.24) is 10.6 Å². The molecule has 154 valence electrons. The standard InChI is InChI=1S/C19H38N2O5/c1-16(2)9-14-26-19(3,4)10-12-20-17(23)8-6-5-7-11-21-18(24)25-15-13-22/h16,22H,5-15H2,1-4H3,(H,20,23)(H,21,24). The van der Waals surface area contributed by atoms with E-state index in [-0.39, 0.29) is 24.7 Å². The SMILES string of the molecule is CC(C)CCOC(C)(C)CCNC(=O)CCCCCNC(=O)OCCO. The lowest BCUT2D eigenvalue weighted by atomic mass is 10.0. The highest BCUT2D eigenvalue weighted by molar-refractivity contribution is 5.75. The molecule has 0 radical (unpaired) electrons. The quantitative estimate of drug-likeness (QED) is 0.383. The van der Waals surface area contributed by atoms with Crippen LogP contribution in [0, 0.1) is 5.92 Å². The Hall–Kier alpha value is -1.34. The molecule has 0 saturated heterocycles. The van der Waals surface area contributed by atoms with Gasteiger partial charge in [-0.1, -0.05) is 20.3 Å². The molecule has 2 amide bonds. The smallest absolute Gasteiger partial charge is 0.407 e. The molecule has 0 aliphatic rings. The minimum Gasteiger partial charge on any atom is -0.447 e. The van der Waals surface area contributed by atoms with E-state index in [0.717, 1.165) is 38.7 Å². The predicted octanol–water partition coefficient (Wildman–Crippen LogP) is 2.61. The molecule has 0 fully saturated rings. The van der Waals surface area contributed by atoms with Gasteiger partial charge in [0.05, 0.1) is 12.2 Å². The average molecular weight is 375 g/mol. The lowest BCUT2D eigenvalue weighted by molar-refractivity contribution is -0.121. The zero-order valence-corrected chi connectivity index (χ0v) is 16.9. The molecular weight excluding hydrogens is 336 g/mol. The number of aliphatic hydroxyl groups excluding tert-OH is 1. The van der Waals surface area contributed by atoms with E-state index in [4.69, 9.17) is 9.84 Å². The second-order valence-electron chi connectivity index (χ2n) is 7.49. The minimum atomic E-state index is -0.518. The summed E-state index contributed by atoms with van der Waals surface area (Å²) in [7, 11) is 0. The number of aliphatic hydroxyl groups is 1. The van der Waals surface area contributed by atoms with Crippen molar-refractivity contribution in [1.29, 1.82) is 0 Å². The second-order valence-corrected chi connectivity index (χ2v) is 7.49. The topological polar surface area (TPSA) is 96.9 Å². The summed E-state index contributed by atoms with van der Waals surface area (Å²) >= 11 is 0. The van der Waals surface area contributed by atoms with Crippen LogP contribution < -0.4 is 10.6 Å². The van der Waals surface area contributed by atoms with E-state index in [9.17, 15) is 9.59 Å². The van der Waals surface area contributed by atoms with E-state index in [1.807, 2.05) is 0 Å². The van der Waals surface area contributed by atoms with E-state index in [0.29, 0.717) is 25.4 Å². The van der Waals surface area contributed by atoms with Crippen LogP contribution in [0.4, 0.5) is 4.79 Å². The summed E-state index contributed by atoms with van der Waals surface area (Å²) in [6.07, 6.45) is 4.24. The number of unbranched alkanes of at least 4 members (excludes halogenated alkanes) is 2. The van der Waals surface area contributed by atoms with Gasteiger partial charge in [-0.15, -0.1) is 0 Å². The van der Waals surface area contributed by atoms with Gasteiger partial charge in [-0.3, -0.25) is 4.79 Å². The highest BCUT2D eigenvalue weighted by atomic mass is 16.6. The first-order valence-corrected chi connectivity index (χ1v) is 9.69. The van der Waals surface area contributed by atoms with Gasteiger partial charge in [0.2, 0.25) is 5.91 Å². The first-order valence-electron chi connectivity index (χ1n) is 9.69. The van der Waals surface area contributed by atoms with E-state index in [1.54, 1.807) is 0 Å². The Balaban J connectivity index is 3.58. The van der Waals surface area contributed by atoms with Crippen LogP contribution >= 0.6 is 0 Å². The Morgan fingerprint density at radius 3 is 2.42 bits per heavy atom. The van der Waals surface area contributed by atoms with Crippen LogP contribution in [0.2, 0.25) is 0 Å². The molecule has 0 bridgehead atoms. The first kappa shape index (κ1) is 24.7. The fraction of sp³-hybridized carbons (Fsp3) is 0.895. The molecule has 7 nitrogen and oxygen atoms in total. The molecule has 7 heteroatoms. The summed E-state index contributed by atoms with van der Waals surface area (Å²) in [4.78, 5) is 22.9. The minimum absolute atomic E-state index is 0.00553. The molecule has 0 aliphatic heterocycles. The van der Waals surface area contributed by atoms with Crippen LogP contribution in [0.3, 0.4) is 0 Å². The number of ether oxygens (including phenoxy) is 2. The number of rotatable bonds is 15. The third-order valence-electron chi connectivity index (χ3n) is 3.91. The largest absolute Gasteiger partial charge is 0.447 e. The summed E-state index contributed by atoms with van der Waals surface area (Å²) in [6, 6.07) is 0. The summed E-state index contributed by atoms with van der Waals surface area (Å²) in [5.41, 5.74) is -0.224. The van der Waals surface area contributed by atoms with Crippen molar-refractivity contribution in [2.24, 2.45) is 5.92 Å². The molecule has 0 aliphatic carbocycles. The van der Waals surface area contributed by atoms with Gasteiger partial charge in [-0.25, -0.2) is 4.79 Å². The first-order chi connectivity index (χ1) is 12.3. The molecule has 0 rings (SSSR count). The molecule has 0 atom stereocenters. The Bertz CT molecular complexity index is 386. The molecule has 0 unspecified atom stereocenters. The van der Waals surface area contributed by atoms with Crippen molar-refractivity contribution in [3.63, 3.8) is 0 Å². The third kappa shape index (κ3) is 16.1. The molecular formula is C19H38N2O5. The van der Waals surface area contributed by atoms with E-state index >= 15 is 0 Å². The van der Waals surface area contributed by atoms with E-state index in [2.05, 4.69) is 43.1 Å². The fourth-order valence-electron chi connectivity index (χ4n) is 2.20. The number of hydrogen-bond donors (Lipinski definition) is 3. The van der Waals surface area contributed by atoms with E-state index < -0.39 is 6.09 Å². The van der Waals surface area contributed by atoms with Crippen molar-refractivity contribution >= 4 is 12.0 Å². The number of hydrogen-bond acceptors (Lipinski definition) is 5. The van der Waals surface area contributed by atoms with Crippen LogP contribution in [0.5, 0.6) is 0 Å². The van der Waals surface area contributed by atoms with Gasteiger partial charge in [0, 0.05) is 26.1 Å². The molecule has 0 heterocycles. The second kappa shape index (κ2) is 14.8. The van der Waals surface area contributed by atoms with Gasteiger partial charge in [-0.2, -0.15) is 0 Å². The summed E-state index contributed by atoms with van der Waals surface area (Å²) in [5, 5.41) is 14.1. The maximum Gasteiger partial charge on any atom is 0.407 e. The molecule has 26 heavy (non-hydrogen) atoms. The maximum absolute atomic E-state index is 11.8. The lowest BCUT2D eigenvalue weighted by Gasteiger charge is -2.26. The van der Waals surface area contributed by atoms with Gasteiger partial charge < -0.3 is 25.2 Å². The van der Waals surface area contributed by atoms with Gasteiger partial charge >= 0.3 is 6.09 Å². The lowest BCUT2D eigenvalue weighted by Crippen LogP contribution is -2.33. The van der Waals surface area contributed by atoms with Crippen molar-refractivity contribution < 1.29 is 24.2 Å². The molecule has 0 aromatic rings. The van der Waals surface area contributed by atoms with Crippen molar-refractivity contribution in [2.45, 2.75) is 71.8 Å². The van der Waals surface area contributed by atoms with Crippen LogP contribution in [0.25, 0.3) is 0 Å². The van der Waals surface area contributed by atoms with Crippen molar-refractivity contribution in [3.8, 4) is 0 Å². The van der Waals surface area contributed by atoms with Crippen LogP contribution in [-0.2, 0) is 14.3 Å². The highest BCUT2D eigenvalue weighted by Gasteiger charge is 2.18. The number of nitrogens with one attached hydrogen (secondary N) is 2. The number of alkyl carbamates (subject to hydrolysis) is 1. The number of amides is 2. The van der Waals surface area contributed by atoms with E-state index in [1.165, 1.54) is 0 Å². The summed E-state index contributed by atoms with van der Waals surface area (Å²) < 4.78 is 10.6. The Labute approximate surface area is 158 Å². The van der Waals surface area contributed by atoms with Crippen LogP contribution in [0.15, 0.2) is 0 Å². The maximum atomic E-state index is 11.8. The average Bonchev–Trinajstić information content (AvgIpc) is 2.55. The summed E-state index contributed by atoms with van der Waals surface area (Å²) in [5.74, 6) is 0.685. The van der Waals surface area contributed by atoms with Gasteiger partial charge in [0.25, 0.3) is 0 Å². The van der Waals surface area contributed by atoms with Crippen molar-refractivity contribution in [3.05, 3.63) is 0 Å². The summed E-state index contributed by atoms with van der Waals surface area (Å²) in [6.45, 7) is 10.2.